The second kappa shape index (κ2) is 5.93. The Morgan fingerprint density at radius 2 is 2.33 bits per heavy atom. The molecule has 1 saturated heterocycles. The highest BCUT2D eigenvalue weighted by Crippen LogP contribution is 2.26. The number of alkyl halides is 1. The molecule has 1 aromatic rings. The first kappa shape index (κ1) is 13.7. The summed E-state index contributed by atoms with van der Waals surface area (Å²) in [5.74, 6) is 0.538. The molecular formula is C13H15BrClNO2. The number of halogens is 2. The summed E-state index contributed by atoms with van der Waals surface area (Å²) in [6.07, 6.45) is 2.12. The van der Waals surface area contributed by atoms with E-state index < -0.39 is 0 Å². The Hall–Kier alpha value is -0.740. The summed E-state index contributed by atoms with van der Waals surface area (Å²) in [6.45, 7) is 1.54. The van der Waals surface area contributed by atoms with Crippen LogP contribution in [0.3, 0.4) is 0 Å². The molecule has 0 radical (unpaired) electrons. The summed E-state index contributed by atoms with van der Waals surface area (Å²) in [7, 11) is 0. The topological polar surface area (TPSA) is 40.5 Å². The molecule has 1 amide bonds. The van der Waals surface area contributed by atoms with Crippen molar-refractivity contribution in [3.63, 3.8) is 0 Å². The second-order valence-corrected chi connectivity index (χ2v) is 5.75. The predicted octanol–water partition coefficient (Wildman–Crippen LogP) is 3.29. The molecule has 1 aromatic carbocycles. The number of carbonyl (C=O) groups excluding carboxylic acids is 1. The molecule has 1 atom stereocenters. The van der Waals surface area contributed by atoms with E-state index in [1.54, 1.807) is 6.07 Å². The number of likely N-dealkylation sites (tertiary alicyclic amines) is 1. The van der Waals surface area contributed by atoms with Crippen molar-refractivity contribution in [2.24, 2.45) is 5.92 Å². The van der Waals surface area contributed by atoms with E-state index in [2.05, 4.69) is 15.9 Å². The Bertz CT molecular complexity index is 453. The highest BCUT2D eigenvalue weighted by molar-refractivity contribution is 9.09. The Morgan fingerprint density at radius 1 is 1.56 bits per heavy atom. The molecule has 1 heterocycles. The smallest absolute Gasteiger partial charge is 0.255 e. The van der Waals surface area contributed by atoms with E-state index in [9.17, 15) is 9.90 Å². The molecule has 1 N–H and O–H groups in total. The van der Waals surface area contributed by atoms with Crippen LogP contribution in [-0.2, 0) is 0 Å². The summed E-state index contributed by atoms with van der Waals surface area (Å²) >= 11 is 9.43. The van der Waals surface area contributed by atoms with Gasteiger partial charge in [0.25, 0.3) is 5.91 Å². The van der Waals surface area contributed by atoms with Crippen LogP contribution in [0.15, 0.2) is 18.2 Å². The zero-order valence-corrected chi connectivity index (χ0v) is 12.2. The average molecular weight is 333 g/mol. The SMILES string of the molecule is O=C(c1cc(O)ccc1Cl)N1CCC(CCBr)C1. The van der Waals surface area contributed by atoms with Gasteiger partial charge in [-0.25, -0.2) is 0 Å². The summed E-state index contributed by atoms with van der Waals surface area (Å²) in [5.41, 5.74) is 0.385. The van der Waals surface area contributed by atoms with E-state index in [0.717, 1.165) is 31.3 Å². The fraction of sp³-hybridized carbons (Fsp3) is 0.462. The van der Waals surface area contributed by atoms with E-state index in [1.165, 1.54) is 12.1 Å². The molecule has 1 unspecified atom stereocenters. The van der Waals surface area contributed by atoms with E-state index in [0.29, 0.717) is 16.5 Å². The Kier molecular flexibility index (Phi) is 4.51. The maximum Gasteiger partial charge on any atom is 0.255 e. The van der Waals surface area contributed by atoms with Crippen LogP contribution in [0.2, 0.25) is 5.02 Å². The fourth-order valence-electron chi connectivity index (χ4n) is 2.25. The monoisotopic (exact) mass is 331 g/mol. The van der Waals surface area contributed by atoms with Crippen LogP contribution in [0.4, 0.5) is 0 Å². The second-order valence-electron chi connectivity index (χ2n) is 4.55. The summed E-state index contributed by atoms with van der Waals surface area (Å²) < 4.78 is 0. The fourth-order valence-corrected chi connectivity index (χ4v) is 3.10. The van der Waals surface area contributed by atoms with Gasteiger partial charge in [0.05, 0.1) is 10.6 Å². The number of hydrogen-bond donors (Lipinski definition) is 1. The van der Waals surface area contributed by atoms with E-state index in [1.807, 2.05) is 4.90 Å². The lowest BCUT2D eigenvalue weighted by atomic mass is 10.1. The van der Waals surface area contributed by atoms with Gasteiger partial charge in [-0.15, -0.1) is 0 Å². The first-order chi connectivity index (χ1) is 8.61. The molecule has 18 heavy (non-hydrogen) atoms. The van der Waals surface area contributed by atoms with E-state index >= 15 is 0 Å². The molecule has 0 aliphatic carbocycles. The largest absolute Gasteiger partial charge is 0.508 e. The molecule has 98 valence electrons. The summed E-state index contributed by atoms with van der Waals surface area (Å²) in [6, 6.07) is 4.47. The zero-order valence-electron chi connectivity index (χ0n) is 9.90. The third-order valence-electron chi connectivity index (χ3n) is 3.27. The standard InChI is InChI=1S/C13H15BrClNO2/c14-5-3-9-4-6-16(8-9)13(18)11-7-10(17)1-2-12(11)15/h1-2,7,9,17H,3-6,8H2. The molecule has 1 aliphatic heterocycles. The van der Waals surface area contributed by atoms with Gasteiger partial charge in [0, 0.05) is 18.4 Å². The minimum Gasteiger partial charge on any atom is -0.508 e. The lowest BCUT2D eigenvalue weighted by molar-refractivity contribution is 0.0786. The Labute approximate surface area is 120 Å². The molecular weight excluding hydrogens is 318 g/mol. The predicted molar refractivity (Wildman–Crippen MR) is 75.5 cm³/mol. The molecule has 1 aliphatic rings. The van der Waals surface area contributed by atoms with Gasteiger partial charge in [-0.3, -0.25) is 4.79 Å². The van der Waals surface area contributed by atoms with Crippen LogP contribution in [-0.4, -0.2) is 34.3 Å². The molecule has 0 bridgehead atoms. The number of phenols is 1. The van der Waals surface area contributed by atoms with Crippen LogP contribution in [0.5, 0.6) is 5.75 Å². The van der Waals surface area contributed by atoms with Gasteiger partial charge in [0.15, 0.2) is 0 Å². The maximum absolute atomic E-state index is 12.3. The minimum atomic E-state index is -0.0898. The van der Waals surface area contributed by atoms with Crippen molar-refractivity contribution in [3.8, 4) is 5.75 Å². The van der Waals surface area contributed by atoms with Crippen molar-refractivity contribution in [2.45, 2.75) is 12.8 Å². The van der Waals surface area contributed by atoms with Crippen LogP contribution < -0.4 is 0 Å². The van der Waals surface area contributed by atoms with Gasteiger partial charge in [-0.2, -0.15) is 0 Å². The first-order valence-electron chi connectivity index (χ1n) is 5.95. The van der Waals surface area contributed by atoms with Gasteiger partial charge in [0.2, 0.25) is 0 Å². The molecule has 0 spiro atoms. The third kappa shape index (κ3) is 2.98. The van der Waals surface area contributed by atoms with Crippen LogP contribution in [0.1, 0.15) is 23.2 Å². The van der Waals surface area contributed by atoms with Crippen molar-refractivity contribution >= 4 is 33.4 Å². The molecule has 1 fully saturated rings. The van der Waals surface area contributed by atoms with Crippen molar-refractivity contribution in [1.29, 1.82) is 0 Å². The van der Waals surface area contributed by atoms with Crippen molar-refractivity contribution in [3.05, 3.63) is 28.8 Å². The third-order valence-corrected chi connectivity index (χ3v) is 4.06. The zero-order chi connectivity index (χ0) is 13.1. The van der Waals surface area contributed by atoms with Crippen LogP contribution in [0.25, 0.3) is 0 Å². The van der Waals surface area contributed by atoms with E-state index in [-0.39, 0.29) is 11.7 Å². The number of carbonyl (C=O) groups is 1. The van der Waals surface area contributed by atoms with E-state index in [4.69, 9.17) is 11.6 Å². The Morgan fingerprint density at radius 3 is 3.06 bits per heavy atom. The van der Waals surface area contributed by atoms with Crippen molar-refractivity contribution in [2.75, 3.05) is 18.4 Å². The quantitative estimate of drug-likeness (QED) is 0.863. The van der Waals surface area contributed by atoms with Gasteiger partial charge >= 0.3 is 0 Å². The molecule has 0 aromatic heterocycles. The molecule has 2 rings (SSSR count). The number of aromatic hydroxyl groups is 1. The highest BCUT2D eigenvalue weighted by Gasteiger charge is 2.27. The number of nitrogens with zero attached hydrogens (tertiary/aromatic N) is 1. The highest BCUT2D eigenvalue weighted by atomic mass is 79.9. The lowest BCUT2D eigenvalue weighted by Gasteiger charge is -2.17. The van der Waals surface area contributed by atoms with Gasteiger partial charge in [-0.05, 0) is 37.0 Å². The number of hydrogen-bond acceptors (Lipinski definition) is 2. The number of benzene rings is 1. The van der Waals surface area contributed by atoms with Crippen molar-refractivity contribution in [1.82, 2.24) is 4.90 Å². The molecule has 3 nitrogen and oxygen atoms in total. The lowest BCUT2D eigenvalue weighted by Crippen LogP contribution is -2.29. The first-order valence-corrected chi connectivity index (χ1v) is 7.45. The normalized spacial score (nSPS) is 19.2. The number of amides is 1. The summed E-state index contributed by atoms with van der Waals surface area (Å²) in [4.78, 5) is 14.1. The number of rotatable bonds is 3. The van der Waals surface area contributed by atoms with Gasteiger partial charge in [-0.1, -0.05) is 27.5 Å². The van der Waals surface area contributed by atoms with Crippen molar-refractivity contribution < 1.29 is 9.90 Å². The molecule has 0 saturated carbocycles. The minimum absolute atomic E-state index is 0.0685. The van der Waals surface area contributed by atoms with Gasteiger partial charge in [0.1, 0.15) is 5.75 Å². The number of phenolic OH excluding ortho intramolecular Hbond substituents is 1. The summed E-state index contributed by atoms with van der Waals surface area (Å²) in [5, 5.41) is 10.8. The van der Waals surface area contributed by atoms with Gasteiger partial charge < -0.3 is 10.0 Å². The van der Waals surface area contributed by atoms with Crippen LogP contribution >= 0.6 is 27.5 Å². The molecule has 5 heteroatoms. The van der Waals surface area contributed by atoms with Crippen LogP contribution in [0, 0.1) is 5.92 Å². The maximum atomic E-state index is 12.3. The average Bonchev–Trinajstić information content (AvgIpc) is 2.80. The Balaban J connectivity index is 2.10.